The van der Waals surface area contributed by atoms with E-state index < -0.39 is 5.41 Å². The van der Waals surface area contributed by atoms with Crippen LogP contribution in [0.2, 0.25) is 0 Å². The van der Waals surface area contributed by atoms with Crippen molar-refractivity contribution < 1.29 is 9.59 Å². The zero-order valence-electron chi connectivity index (χ0n) is 28.6. The van der Waals surface area contributed by atoms with E-state index in [1.165, 1.54) is 11.1 Å². The number of nitrogens with two attached hydrogens (primary N) is 2. The van der Waals surface area contributed by atoms with E-state index in [1.54, 1.807) is 0 Å². The molecule has 2 amide bonds. The third kappa shape index (κ3) is 5.27. The number of hydrogen-bond donors (Lipinski definition) is 4. The van der Waals surface area contributed by atoms with Gasteiger partial charge in [0.05, 0.1) is 5.41 Å². The lowest BCUT2D eigenvalue weighted by atomic mass is 9.67. The van der Waals surface area contributed by atoms with E-state index in [4.69, 9.17) is 11.5 Å². The molecule has 0 heterocycles. The number of fused-ring (bicyclic) bond motifs is 5. The fraction of sp³-hybridized carbons (Fsp3) is 0.0213. The molecule has 1 aliphatic carbocycles. The molecule has 6 nitrogen and oxygen atoms in total. The van der Waals surface area contributed by atoms with Crippen molar-refractivity contribution in [1.82, 2.24) is 0 Å². The average Bonchev–Trinajstić information content (AvgIpc) is 3.49. The van der Waals surface area contributed by atoms with E-state index in [2.05, 4.69) is 83.4 Å². The minimum absolute atomic E-state index is 0.204. The van der Waals surface area contributed by atoms with Gasteiger partial charge in [0.15, 0.2) is 0 Å². The van der Waals surface area contributed by atoms with E-state index in [0.717, 1.165) is 43.8 Å². The van der Waals surface area contributed by atoms with Crippen LogP contribution in [0.3, 0.4) is 0 Å². The Morgan fingerprint density at radius 1 is 0.434 bits per heavy atom. The number of nitrogens with one attached hydrogen (secondary N) is 2. The third-order valence-corrected chi connectivity index (χ3v) is 10.4. The van der Waals surface area contributed by atoms with Gasteiger partial charge in [-0.05, 0) is 116 Å². The van der Waals surface area contributed by atoms with Crippen LogP contribution < -0.4 is 22.1 Å². The van der Waals surface area contributed by atoms with Crippen LogP contribution in [-0.2, 0) is 5.41 Å². The highest BCUT2D eigenvalue weighted by molar-refractivity contribution is 6.14. The fourth-order valence-electron chi connectivity index (χ4n) is 8.00. The number of benzene rings is 8. The molecule has 0 spiro atoms. The molecule has 0 saturated heterocycles. The van der Waals surface area contributed by atoms with Crippen LogP contribution in [0, 0.1) is 0 Å². The smallest absolute Gasteiger partial charge is 0.256 e. The Hall–Kier alpha value is -7.18. The molecule has 0 bridgehead atoms. The van der Waals surface area contributed by atoms with Gasteiger partial charge < -0.3 is 22.1 Å². The highest BCUT2D eigenvalue weighted by Gasteiger charge is 2.45. The van der Waals surface area contributed by atoms with Gasteiger partial charge in [0.2, 0.25) is 0 Å². The summed E-state index contributed by atoms with van der Waals surface area (Å²) in [6, 6.07) is 55.8. The van der Waals surface area contributed by atoms with Crippen molar-refractivity contribution in [3.05, 3.63) is 203 Å². The van der Waals surface area contributed by atoms with Crippen LogP contribution in [0.15, 0.2) is 170 Å². The largest absolute Gasteiger partial charge is 0.399 e. The van der Waals surface area contributed by atoms with Gasteiger partial charge in [-0.3, -0.25) is 9.59 Å². The molecule has 0 unspecified atom stereocenters. The highest BCUT2D eigenvalue weighted by Crippen LogP contribution is 2.56. The lowest BCUT2D eigenvalue weighted by Crippen LogP contribution is -2.28. The molecule has 53 heavy (non-hydrogen) atoms. The quantitative estimate of drug-likeness (QED) is 0.131. The summed E-state index contributed by atoms with van der Waals surface area (Å²) in [6.07, 6.45) is 0. The molecule has 1 aliphatic rings. The van der Waals surface area contributed by atoms with Crippen molar-refractivity contribution >= 4 is 56.1 Å². The summed E-state index contributed by atoms with van der Waals surface area (Å²) in [5.41, 5.74) is 22.0. The van der Waals surface area contributed by atoms with Gasteiger partial charge in [0, 0.05) is 33.9 Å². The standard InChI is InChI=1S/C47H34N4O2/c48-33-21-15-29-7-5-11-39(41(29)27-33)45(52)50-35-23-17-31(18-24-35)47(43-13-3-1-9-37(43)38-10-2-4-14-44(38)47)32-19-25-36(26-20-32)51-46(53)40-12-6-8-30-16-22-34(49)28-42(30)40/h1-28H,48-49H2,(H,50,52)(H,51,53). The van der Waals surface area contributed by atoms with Gasteiger partial charge in [-0.1, -0.05) is 109 Å². The number of carbonyl (C=O) groups excluding carboxylic acids is 2. The van der Waals surface area contributed by atoms with Gasteiger partial charge in [-0.25, -0.2) is 0 Å². The first-order valence-electron chi connectivity index (χ1n) is 17.5. The molecule has 254 valence electrons. The maximum Gasteiger partial charge on any atom is 0.256 e. The van der Waals surface area contributed by atoms with Crippen molar-refractivity contribution in [3.63, 3.8) is 0 Å². The molecule has 0 saturated carbocycles. The van der Waals surface area contributed by atoms with Gasteiger partial charge in [-0.2, -0.15) is 0 Å². The molecule has 0 fully saturated rings. The summed E-state index contributed by atoms with van der Waals surface area (Å²) in [7, 11) is 0. The van der Waals surface area contributed by atoms with E-state index >= 15 is 0 Å². The summed E-state index contributed by atoms with van der Waals surface area (Å²) in [6.45, 7) is 0. The second kappa shape index (κ2) is 12.5. The normalized spacial score (nSPS) is 12.6. The van der Waals surface area contributed by atoms with E-state index in [9.17, 15) is 9.59 Å². The molecule has 6 heteroatoms. The molecule has 0 aromatic heterocycles. The molecule has 8 aromatic carbocycles. The molecular formula is C47H34N4O2. The topological polar surface area (TPSA) is 110 Å². The van der Waals surface area contributed by atoms with Crippen LogP contribution in [0.25, 0.3) is 32.7 Å². The SMILES string of the molecule is Nc1ccc2cccc(C(=O)Nc3ccc(C4(c5ccc(NC(=O)c6cccc7ccc(N)cc67)cc5)c5ccccc5-c5ccccc54)cc3)c2c1. The number of carbonyl (C=O) groups is 2. The maximum atomic E-state index is 13.6. The number of hydrogen-bond acceptors (Lipinski definition) is 4. The molecule has 0 radical (unpaired) electrons. The molecule has 9 rings (SSSR count). The van der Waals surface area contributed by atoms with Crippen molar-refractivity contribution in [1.29, 1.82) is 0 Å². The predicted octanol–water partition coefficient (Wildman–Crippen LogP) is 10.0. The summed E-state index contributed by atoms with van der Waals surface area (Å²) in [5, 5.41) is 9.72. The zero-order chi connectivity index (χ0) is 36.1. The van der Waals surface area contributed by atoms with Crippen molar-refractivity contribution in [2.75, 3.05) is 22.1 Å². The van der Waals surface area contributed by atoms with E-state index in [0.29, 0.717) is 33.9 Å². The molecule has 6 N–H and O–H groups in total. The Bertz CT molecular complexity index is 2550. The predicted molar refractivity (Wildman–Crippen MR) is 216 cm³/mol. The Kier molecular flexibility index (Phi) is 7.52. The van der Waals surface area contributed by atoms with Crippen LogP contribution in [-0.4, -0.2) is 11.8 Å². The van der Waals surface area contributed by atoms with Crippen molar-refractivity contribution in [2.24, 2.45) is 0 Å². The first kappa shape index (κ1) is 31.8. The fourth-order valence-corrected chi connectivity index (χ4v) is 8.00. The highest BCUT2D eigenvalue weighted by atomic mass is 16.2. The summed E-state index contributed by atoms with van der Waals surface area (Å²) < 4.78 is 0. The average molecular weight is 687 g/mol. The molecule has 8 aromatic rings. The zero-order valence-corrected chi connectivity index (χ0v) is 28.6. The number of amides is 2. The lowest BCUT2D eigenvalue weighted by Gasteiger charge is -2.34. The van der Waals surface area contributed by atoms with Gasteiger partial charge >= 0.3 is 0 Å². The molecular weight excluding hydrogens is 653 g/mol. The Morgan fingerprint density at radius 3 is 1.28 bits per heavy atom. The van der Waals surface area contributed by atoms with Crippen molar-refractivity contribution in [3.8, 4) is 11.1 Å². The summed E-state index contributed by atoms with van der Waals surface area (Å²) >= 11 is 0. The lowest BCUT2D eigenvalue weighted by molar-refractivity contribution is 0.102. The molecule has 0 atom stereocenters. The third-order valence-electron chi connectivity index (χ3n) is 10.4. The minimum Gasteiger partial charge on any atom is -0.399 e. The van der Waals surface area contributed by atoms with Gasteiger partial charge in [0.1, 0.15) is 0 Å². The first-order valence-corrected chi connectivity index (χ1v) is 17.5. The van der Waals surface area contributed by atoms with Crippen LogP contribution >= 0.6 is 0 Å². The number of nitrogen functional groups attached to an aromatic ring is 2. The van der Waals surface area contributed by atoms with Crippen molar-refractivity contribution in [2.45, 2.75) is 5.41 Å². The monoisotopic (exact) mass is 686 g/mol. The minimum atomic E-state index is -0.654. The Balaban J connectivity index is 1.09. The Labute approximate surface area is 306 Å². The molecule has 0 aliphatic heterocycles. The van der Waals surface area contributed by atoms with Crippen LogP contribution in [0.5, 0.6) is 0 Å². The van der Waals surface area contributed by atoms with E-state index in [-0.39, 0.29) is 11.8 Å². The maximum absolute atomic E-state index is 13.6. The second-order valence-electron chi connectivity index (χ2n) is 13.5. The summed E-state index contributed by atoms with van der Waals surface area (Å²) in [4.78, 5) is 27.2. The van der Waals surface area contributed by atoms with Gasteiger partial charge in [0.25, 0.3) is 11.8 Å². The Morgan fingerprint density at radius 2 is 0.849 bits per heavy atom. The van der Waals surface area contributed by atoms with Gasteiger partial charge in [-0.15, -0.1) is 0 Å². The first-order chi connectivity index (χ1) is 25.9. The number of rotatable bonds is 6. The number of anilines is 4. The van der Waals surface area contributed by atoms with Crippen LogP contribution in [0.1, 0.15) is 43.0 Å². The van der Waals surface area contributed by atoms with Crippen LogP contribution in [0.4, 0.5) is 22.7 Å². The second-order valence-corrected chi connectivity index (χ2v) is 13.5. The van der Waals surface area contributed by atoms with E-state index in [1.807, 2.05) is 97.1 Å². The summed E-state index contributed by atoms with van der Waals surface area (Å²) in [5.74, 6) is -0.408.